The van der Waals surface area contributed by atoms with Gasteiger partial charge in [0, 0.05) is 11.8 Å². The second-order valence-corrected chi connectivity index (χ2v) is 1.44. The summed E-state index contributed by atoms with van der Waals surface area (Å²) >= 11 is 0. The van der Waals surface area contributed by atoms with Crippen molar-refractivity contribution in [3.63, 3.8) is 0 Å². The standard InChI is InChI=1S/C6H9NO/c1-5(7-3)4-6(2)8/h4,8H,2-3H2,1H3/b5-4-. The minimum atomic E-state index is 0.00917. The average Bonchev–Trinajstić information content (AvgIpc) is 1.65. The predicted octanol–water partition coefficient (Wildman–Crippen LogP) is 1.66. The van der Waals surface area contributed by atoms with Gasteiger partial charge in [0.1, 0.15) is 5.76 Å². The van der Waals surface area contributed by atoms with Gasteiger partial charge in [-0.3, -0.25) is 4.99 Å². The van der Waals surface area contributed by atoms with E-state index < -0.39 is 0 Å². The van der Waals surface area contributed by atoms with E-state index in [1.165, 1.54) is 6.08 Å². The topological polar surface area (TPSA) is 32.6 Å². The summed E-state index contributed by atoms with van der Waals surface area (Å²) in [7, 11) is 0. The van der Waals surface area contributed by atoms with Crippen molar-refractivity contribution in [3.05, 3.63) is 24.1 Å². The summed E-state index contributed by atoms with van der Waals surface area (Å²) in [6.45, 7) is 8.21. The van der Waals surface area contributed by atoms with Crippen LogP contribution in [0.25, 0.3) is 0 Å². The van der Waals surface area contributed by atoms with Crippen LogP contribution in [0.1, 0.15) is 6.92 Å². The Kier molecular flexibility index (Phi) is 2.62. The average molecular weight is 111 g/mol. The number of hydrogen-bond donors (Lipinski definition) is 1. The van der Waals surface area contributed by atoms with E-state index in [0.717, 1.165) is 0 Å². The molecule has 0 radical (unpaired) electrons. The lowest BCUT2D eigenvalue weighted by molar-refractivity contribution is 0.434. The van der Waals surface area contributed by atoms with Gasteiger partial charge in [-0.1, -0.05) is 6.58 Å². The van der Waals surface area contributed by atoms with E-state index in [0.29, 0.717) is 5.70 Å². The Morgan fingerprint density at radius 1 is 1.75 bits per heavy atom. The molecule has 2 heteroatoms. The van der Waals surface area contributed by atoms with Crippen LogP contribution in [-0.2, 0) is 0 Å². The molecule has 0 aromatic carbocycles. The summed E-state index contributed by atoms with van der Waals surface area (Å²) in [5, 5.41) is 8.50. The molecule has 44 valence electrons. The first-order chi connectivity index (χ1) is 3.66. The van der Waals surface area contributed by atoms with E-state index in [2.05, 4.69) is 18.3 Å². The van der Waals surface area contributed by atoms with Crippen LogP contribution in [0.2, 0.25) is 0 Å². The molecule has 0 saturated heterocycles. The van der Waals surface area contributed by atoms with Crippen molar-refractivity contribution in [2.75, 3.05) is 0 Å². The van der Waals surface area contributed by atoms with Gasteiger partial charge in [-0.05, 0) is 13.6 Å². The third kappa shape index (κ3) is 3.15. The van der Waals surface area contributed by atoms with Crippen LogP contribution in [0.15, 0.2) is 29.1 Å². The Bertz CT molecular complexity index is 135. The van der Waals surface area contributed by atoms with Crippen LogP contribution in [-0.4, -0.2) is 11.8 Å². The molecule has 8 heavy (non-hydrogen) atoms. The van der Waals surface area contributed by atoms with E-state index in [1.807, 2.05) is 0 Å². The van der Waals surface area contributed by atoms with Crippen LogP contribution < -0.4 is 0 Å². The van der Waals surface area contributed by atoms with Gasteiger partial charge in [0.25, 0.3) is 0 Å². The molecule has 0 heterocycles. The van der Waals surface area contributed by atoms with Gasteiger partial charge in [0.2, 0.25) is 0 Å². The molecule has 0 aliphatic carbocycles. The molecule has 0 aliphatic rings. The zero-order chi connectivity index (χ0) is 6.57. The molecule has 0 rings (SSSR count). The van der Waals surface area contributed by atoms with Gasteiger partial charge in [0.15, 0.2) is 0 Å². The lowest BCUT2D eigenvalue weighted by atomic mass is 10.4. The summed E-state index contributed by atoms with van der Waals surface area (Å²) < 4.78 is 0. The highest BCUT2D eigenvalue weighted by Gasteiger charge is 1.80. The molecule has 0 fully saturated rings. The summed E-state index contributed by atoms with van der Waals surface area (Å²) in [4.78, 5) is 3.52. The van der Waals surface area contributed by atoms with E-state index >= 15 is 0 Å². The fourth-order valence-corrected chi connectivity index (χ4v) is 0.287. The molecule has 0 aromatic rings. The van der Waals surface area contributed by atoms with Crippen molar-refractivity contribution in [1.29, 1.82) is 0 Å². The Hall–Kier alpha value is -1.05. The van der Waals surface area contributed by atoms with Gasteiger partial charge in [-0.2, -0.15) is 0 Å². The van der Waals surface area contributed by atoms with Crippen LogP contribution in [0.5, 0.6) is 0 Å². The molecule has 0 atom stereocenters. The summed E-state index contributed by atoms with van der Waals surface area (Å²) in [5.74, 6) is 0.00917. The van der Waals surface area contributed by atoms with Crippen LogP contribution in [0.3, 0.4) is 0 Å². The normalized spacial score (nSPS) is 10.9. The predicted molar refractivity (Wildman–Crippen MR) is 35.1 cm³/mol. The largest absolute Gasteiger partial charge is 0.509 e. The molecule has 0 unspecified atom stereocenters. The molecule has 0 amide bonds. The highest BCUT2D eigenvalue weighted by Crippen LogP contribution is 1.95. The second kappa shape index (κ2) is 3.02. The van der Waals surface area contributed by atoms with Gasteiger partial charge >= 0.3 is 0 Å². The van der Waals surface area contributed by atoms with Gasteiger partial charge < -0.3 is 5.11 Å². The SMILES string of the molecule is C=N/C(C)=C\C(=C)O. The fraction of sp³-hybridized carbons (Fsp3) is 0.167. The molecule has 0 spiro atoms. The third-order valence-electron chi connectivity index (χ3n) is 0.625. The highest BCUT2D eigenvalue weighted by atomic mass is 16.3. The van der Waals surface area contributed by atoms with Crippen molar-refractivity contribution in [2.45, 2.75) is 6.92 Å². The molecule has 2 nitrogen and oxygen atoms in total. The van der Waals surface area contributed by atoms with Crippen LogP contribution in [0, 0.1) is 0 Å². The first kappa shape index (κ1) is 6.95. The van der Waals surface area contributed by atoms with E-state index in [9.17, 15) is 0 Å². The molecule has 0 aliphatic heterocycles. The maximum atomic E-state index is 8.50. The van der Waals surface area contributed by atoms with Crippen molar-refractivity contribution in [2.24, 2.45) is 4.99 Å². The maximum absolute atomic E-state index is 8.50. The van der Waals surface area contributed by atoms with Crippen LogP contribution in [0.4, 0.5) is 0 Å². The Morgan fingerprint density at radius 2 is 2.25 bits per heavy atom. The minimum absolute atomic E-state index is 0.00917. The summed E-state index contributed by atoms with van der Waals surface area (Å²) in [6.07, 6.45) is 1.44. The number of hydrogen-bond acceptors (Lipinski definition) is 2. The molecular weight excluding hydrogens is 102 g/mol. The van der Waals surface area contributed by atoms with Gasteiger partial charge in [-0.15, -0.1) is 0 Å². The third-order valence-corrected chi connectivity index (χ3v) is 0.625. The zero-order valence-corrected chi connectivity index (χ0v) is 4.89. The van der Waals surface area contributed by atoms with Crippen molar-refractivity contribution < 1.29 is 5.11 Å². The number of nitrogens with zero attached hydrogens (tertiary/aromatic N) is 1. The molecular formula is C6H9NO. The molecule has 0 bridgehead atoms. The van der Waals surface area contributed by atoms with Gasteiger partial charge in [0.05, 0.1) is 0 Å². The molecule has 0 saturated carbocycles. The van der Waals surface area contributed by atoms with Crippen LogP contribution >= 0.6 is 0 Å². The van der Waals surface area contributed by atoms with Crippen molar-refractivity contribution in [3.8, 4) is 0 Å². The van der Waals surface area contributed by atoms with E-state index in [1.54, 1.807) is 6.92 Å². The molecule has 0 aromatic heterocycles. The minimum Gasteiger partial charge on any atom is -0.509 e. The Morgan fingerprint density at radius 3 is 2.38 bits per heavy atom. The molecule has 1 N–H and O–H groups in total. The van der Waals surface area contributed by atoms with E-state index in [-0.39, 0.29) is 5.76 Å². The summed E-state index contributed by atoms with van der Waals surface area (Å²) in [6, 6.07) is 0. The number of aliphatic hydroxyl groups excluding tert-OH is 1. The lowest BCUT2D eigenvalue weighted by Crippen LogP contribution is -1.71. The number of rotatable bonds is 2. The van der Waals surface area contributed by atoms with Crippen molar-refractivity contribution in [1.82, 2.24) is 0 Å². The zero-order valence-electron chi connectivity index (χ0n) is 4.89. The van der Waals surface area contributed by atoms with Crippen molar-refractivity contribution >= 4 is 6.72 Å². The maximum Gasteiger partial charge on any atom is 0.110 e. The lowest BCUT2D eigenvalue weighted by Gasteiger charge is -1.86. The Balaban J connectivity index is 3.94. The quantitative estimate of drug-likeness (QED) is 0.328. The first-order valence-corrected chi connectivity index (χ1v) is 2.19. The van der Waals surface area contributed by atoms with Gasteiger partial charge in [-0.25, -0.2) is 0 Å². The summed E-state index contributed by atoms with van der Waals surface area (Å²) in [5.41, 5.74) is 0.664. The fourth-order valence-electron chi connectivity index (χ4n) is 0.287. The number of allylic oxidation sites excluding steroid dienone is 2. The highest BCUT2D eigenvalue weighted by molar-refractivity contribution is 5.29. The number of aliphatic hydroxyl groups is 1. The Labute approximate surface area is 48.9 Å². The smallest absolute Gasteiger partial charge is 0.110 e. The van der Waals surface area contributed by atoms with E-state index in [4.69, 9.17) is 5.11 Å². The monoisotopic (exact) mass is 111 g/mol. The first-order valence-electron chi connectivity index (χ1n) is 2.19. The number of aliphatic imine (C=N–C) groups is 1. The second-order valence-electron chi connectivity index (χ2n) is 1.44.